The van der Waals surface area contributed by atoms with E-state index in [0.717, 1.165) is 31.2 Å². The molecule has 0 aromatic heterocycles. The molecule has 1 aromatic carbocycles. The van der Waals surface area contributed by atoms with Gasteiger partial charge in [-0.15, -0.1) is 0 Å². The van der Waals surface area contributed by atoms with Gasteiger partial charge in [-0.3, -0.25) is 0 Å². The van der Waals surface area contributed by atoms with E-state index in [1.165, 1.54) is 6.42 Å². The van der Waals surface area contributed by atoms with Crippen molar-refractivity contribution in [2.75, 3.05) is 0 Å². The molecule has 0 radical (unpaired) electrons. The fourth-order valence-corrected chi connectivity index (χ4v) is 3.70. The number of rotatable bonds is 3. The zero-order chi connectivity index (χ0) is 12.3. The Morgan fingerprint density at radius 2 is 1.88 bits per heavy atom. The standard InChI is InChI=1S/C13H19NO2S/c1-11-6-5-9-13(10-11)17(15,16)14-12-7-3-2-4-8-12/h5-6,9-10,12,14H,2-4,7-8H2,1H3. The van der Waals surface area contributed by atoms with Crippen LogP contribution in [0.25, 0.3) is 0 Å². The molecule has 3 nitrogen and oxygen atoms in total. The van der Waals surface area contributed by atoms with E-state index < -0.39 is 10.0 Å². The predicted molar refractivity (Wildman–Crippen MR) is 68.4 cm³/mol. The molecular weight excluding hydrogens is 234 g/mol. The molecule has 0 spiro atoms. The van der Waals surface area contributed by atoms with Crippen molar-refractivity contribution in [3.63, 3.8) is 0 Å². The molecule has 1 saturated carbocycles. The smallest absolute Gasteiger partial charge is 0.208 e. The Morgan fingerprint density at radius 1 is 1.18 bits per heavy atom. The second-order valence-electron chi connectivity index (χ2n) is 4.77. The van der Waals surface area contributed by atoms with Crippen LogP contribution in [-0.4, -0.2) is 14.5 Å². The highest BCUT2D eigenvalue weighted by Gasteiger charge is 2.21. The minimum atomic E-state index is -3.33. The monoisotopic (exact) mass is 253 g/mol. The van der Waals surface area contributed by atoms with Gasteiger partial charge in [-0.2, -0.15) is 0 Å². The molecule has 0 amide bonds. The van der Waals surface area contributed by atoms with Crippen molar-refractivity contribution >= 4 is 10.0 Å². The fourth-order valence-electron chi connectivity index (χ4n) is 2.29. The van der Waals surface area contributed by atoms with Crippen LogP contribution in [0.3, 0.4) is 0 Å². The van der Waals surface area contributed by atoms with E-state index in [-0.39, 0.29) is 6.04 Å². The lowest BCUT2D eigenvalue weighted by Crippen LogP contribution is -2.36. The summed E-state index contributed by atoms with van der Waals surface area (Å²) in [5.74, 6) is 0. The first-order valence-corrected chi connectivity index (χ1v) is 7.65. The molecular formula is C13H19NO2S. The van der Waals surface area contributed by atoms with Crippen molar-refractivity contribution in [3.05, 3.63) is 29.8 Å². The van der Waals surface area contributed by atoms with Crippen LogP contribution in [0, 0.1) is 6.92 Å². The van der Waals surface area contributed by atoms with E-state index in [1.54, 1.807) is 18.2 Å². The van der Waals surface area contributed by atoms with Crippen molar-refractivity contribution in [3.8, 4) is 0 Å². The van der Waals surface area contributed by atoms with E-state index in [0.29, 0.717) is 4.90 Å². The summed E-state index contributed by atoms with van der Waals surface area (Å²) in [6.07, 6.45) is 5.40. The Labute approximate surface area is 103 Å². The molecule has 4 heteroatoms. The Balaban J connectivity index is 2.13. The maximum atomic E-state index is 12.1. The van der Waals surface area contributed by atoms with Gasteiger partial charge in [0.2, 0.25) is 10.0 Å². The van der Waals surface area contributed by atoms with Crippen molar-refractivity contribution < 1.29 is 8.42 Å². The van der Waals surface area contributed by atoms with E-state index in [2.05, 4.69) is 4.72 Å². The summed E-state index contributed by atoms with van der Waals surface area (Å²) < 4.78 is 27.1. The molecule has 0 aliphatic heterocycles. The second kappa shape index (κ2) is 5.19. The van der Waals surface area contributed by atoms with Gasteiger partial charge in [0.25, 0.3) is 0 Å². The van der Waals surface area contributed by atoms with Crippen molar-refractivity contribution in [2.24, 2.45) is 0 Å². The van der Waals surface area contributed by atoms with Gasteiger partial charge >= 0.3 is 0 Å². The molecule has 0 atom stereocenters. The molecule has 94 valence electrons. The van der Waals surface area contributed by atoms with Gasteiger partial charge in [0.05, 0.1) is 4.90 Å². The summed E-state index contributed by atoms with van der Waals surface area (Å²) in [5.41, 5.74) is 0.969. The topological polar surface area (TPSA) is 46.2 Å². The van der Waals surface area contributed by atoms with E-state index >= 15 is 0 Å². The third-order valence-electron chi connectivity index (χ3n) is 3.23. The average Bonchev–Trinajstić information content (AvgIpc) is 2.30. The van der Waals surface area contributed by atoms with Crippen LogP contribution in [0.15, 0.2) is 29.2 Å². The summed E-state index contributed by atoms with van der Waals surface area (Å²) in [6.45, 7) is 1.90. The number of hydrogen-bond donors (Lipinski definition) is 1. The lowest BCUT2D eigenvalue weighted by Gasteiger charge is -2.22. The molecule has 1 fully saturated rings. The summed E-state index contributed by atoms with van der Waals surface area (Å²) >= 11 is 0. The quantitative estimate of drug-likeness (QED) is 0.900. The maximum absolute atomic E-state index is 12.1. The molecule has 1 aromatic rings. The highest BCUT2D eigenvalue weighted by molar-refractivity contribution is 7.89. The zero-order valence-electron chi connectivity index (χ0n) is 10.1. The third-order valence-corrected chi connectivity index (χ3v) is 4.74. The van der Waals surface area contributed by atoms with E-state index in [4.69, 9.17) is 0 Å². The van der Waals surface area contributed by atoms with Crippen molar-refractivity contribution in [1.82, 2.24) is 4.72 Å². The molecule has 0 heterocycles. The van der Waals surface area contributed by atoms with Gasteiger partial charge in [0.15, 0.2) is 0 Å². The van der Waals surface area contributed by atoms with Crippen LogP contribution in [0.2, 0.25) is 0 Å². The normalized spacial score (nSPS) is 18.2. The SMILES string of the molecule is Cc1cccc(S(=O)(=O)NC2CCCCC2)c1. The second-order valence-corrected chi connectivity index (χ2v) is 6.49. The van der Waals surface area contributed by atoms with Gasteiger partial charge in [-0.1, -0.05) is 31.4 Å². The Bertz CT molecular complexity index is 476. The number of nitrogens with one attached hydrogen (secondary N) is 1. The van der Waals surface area contributed by atoms with Gasteiger partial charge in [-0.05, 0) is 37.5 Å². The molecule has 0 bridgehead atoms. The lowest BCUT2D eigenvalue weighted by atomic mass is 9.96. The van der Waals surface area contributed by atoms with Gasteiger partial charge in [0, 0.05) is 6.04 Å². The van der Waals surface area contributed by atoms with Gasteiger partial charge < -0.3 is 0 Å². The maximum Gasteiger partial charge on any atom is 0.240 e. The van der Waals surface area contributed by atoms with E-state index in [1.807, 2.05) is 13.0 Å². The first kappa shape index (κ1) is 12.6. The zero-order valence-corrected chi connectivity index (χ0v) is 11.0. The molecule has 2 rings (SSSR count). The van der Waals surface area contributed by atoms with Gasteiger partial charge in [-0.25, -0.2) is 13.1 Å². The first-order chi connectivity index (χ1) is 8.08. The minimum Gasteiger partial charge on any atom is -0.208 e. The first-order valence-electron chi connectivity index (χ1n) is 6.17. The average molecular weight is 253 g/mol. The van der Waals surface area contributed by atoms with E-state index in [9.17, 15) is 8.42 Å². The third kappa shape index (κ3) is 3.30. The van der Waals surface area contributed by atoms with Crippen LogP contribution in [0.1, 0.15) is 37.7 Å². The Kier molecular flexibility index (Phi) is 3.84. The van der Waals surface area contributed by atoms with Crippen molar-refractivity contribution in [1.29, 1.82) is 0 Å². The summed E-state index contributed by atoms with van der Waals surface area (Å²) in [6, 6.07) is 7.17. The molecule has 0 unspecified atom stereocenters. The molecule has 17 heavy (non-hydrogen) atoms. The summed E-state index contributed by atoms with van der Waals surface area (Å²) in [4.78, 5) is 0.378. The molecule has 1 aliphatic rings. The summed E-state index contributed by atoms with van der Waals surface area (Å²) in [7, 11) is -3.33. The molecule has 1 N–H and O–H groups in total. The van der Waals surface area contributed by atoms with Crippen LogP contribution >= 0.6 is 0 Å². The van der Waals surface area contributed by atoms with Crippen LogP contribution in [0.5, 0.6) is 0 Å². The fraction of sp³-hybridized carbons (Fsp3) is 0.538. The van der Waals surface area contributed by atoms with Crippen LogP contribution in [-0.2, 0) is 10.0 Å². The Morgan fingerprint density at radius 3 is 2.53 bits per heavy atom. The lowest BCUT2D eigenvalue weighted by molar-refractivity contribution is 0.412. The minimum absolute atomic E-state index is 0.120. The highest BCUT2D eigenvalue weighted by atomic mass is 32.2. The van der Waals surface area contributed by atoms with Crippen LogP contribution < -0.4 is 4.72 Å². The number of benzene rings is 1. The largest absolute Gasteiger partial charge is 0.240 e. The predicted octanol–water partition coefficient (Wildman–Crippen LogP) is 2.61. The Hall–Kier alpha value is -0.870. The number of sulfonamides is 1. The molecule has 1 aliphatic carbocycles. The summed E-state index contributed by atoms with van der Waals surface area (Å²) in [5, 5.41) is 0. The number of aryl methyl sites for hydroxylation is 1. The highest BCUT2D eigenvalue weighted by Crippen LogP contribution is 2.20. The van der Waals surface area contributed by atoms with Crippen molar-refractivity contribution in [2.45, 2.75) is 50.0 Å². The molecule has 0 saturated heterocycles. The van der Waals surface area contributed by atoms with Gasteiger partial charge in [0.1, 0.15) is 0 Å². The van der Waals surface area contributed by atoms with Crippen LogP contribution in [0.4, 0.5) is 0 Å². The number of hydrogen-bond acceptors (Lipinski definition) is 2.